The molecule has 1 aliphatic rings. The fourth-order valence-corrected chi connectivity index (χ4v) is 3.04. The first-order valence-corrected chi connectivity index (χ1v) is 7.21. The van der Waals surface area contributed by atoms with Crippen molar-refractivity contribution < 1.29 is 4.74 Å². The number of fused-ring (bicyclic) bond motifs is 1. The van der Waals surface area contributed by atoms with Crippen LogP contribution in [-0.4, -0.2) is 31.7 Å². The van der Waals surface area contributed by atoms with Crippen LogP contribution in [0.2, 0.25) is 0 Å². The third kappa shape index (κ3) is 3.35. The van der Waals surface area contributed by atoms with Gasteiger partial charge in [0.15, 0.2) is 0 Å². The van der Waals surface area contributed by atoms with Gasteiger partial charge in [0.05, 0.1) is 6.61 Å². The molecule has 1 aromatic carbocycles. The Morgan fingerprint density at radius 2 is 2.00 bits per heavy atom. The first-order valence-electron chi connectivity index (χ1n) is 7.21. The van der Waals surface area contributed by atoms with Crippen LogP contribution in [0.3, 0.4) is 0 Å². The van der Waals surface area contributed by atoms with Crippen LogP contribution in [-0.2, 0) is 4.74 Å². The van der Waals surface area contributed by atoms with Crippen molar-refractivity contribution >= 4 is 0 Å². The normalized spacial score (nSPS) is 22.2. The molecule has 2 rings (SSSR count). The van der Waals surface area contributed by atoms with E-state index < -0.39 is 0 Å². The third-order valence-electron chi connectivity index (χ3n) is 3.85. The van der Waals surface area contributed by atoms with E-state index in [1.54, 1.807) is 7.11 Å². The van der Waals surface area contributed by atoms with E-state index in [2.05, 4.69) is 43.0 Å². The summed E-state index contributed by atoms with van der Waals surface area (Å²) in [5.74, 6) is 0.654. The lowest BCUT2D eigenvalue weighted by Gasteiger charge is -2.31. The van der Waals surface area contributed by atoms with Crippen molar-refractivity contribution in [2.45, 2.75) is 32.4 Å². The van der Waals surface area contributed by atoms with Crippen LogP contribution in [0.25, 0.3) is 0 Å². The van der Waals surface area contributed by atoms with Gasteiger partial charge in [-0.2, -0.15) is 0 Å². The number of hydrogen-bond donors (Lipinski definition) is 1. The highest BCUT2D eigenvalue weighted by Gasteiger charge is 2.32. The van der Waals surface area contributed by atoms with Crippen molar-refractivity contribution in [1.82, 2.24) is 4.90 Å². The fourth-order valence-electron chi connectivity index (χ4n) is 3.04. The predicted octanol–water partition coefficient (Wildman–Crippen LogP) is 2.74. The molecule has 1 aliphatic carbocycles. The molecular formula is C16H26N2O. The fraction of sp³-hybridized carbons (Fsp3) is 0.625. The highest BCUT2D eigenvalue weighted by Crippen LogP contribution is 2.40. The second-order valence-corrected chi connectivity index (χ2v) is 5.87. The zero-order valence-electron chi connectivity index (χ0n) is 12.3. The summed E-state index contributed by atoms with van der Waals surface area (Å²) >= 11 is 0. The van der Waals surface area contributed by atoms with Gasteiger partial charge in [0, 0.05) is 32.3 Å². The Bertz CT molecular complexity index is 405. The molecule has 2 unspecified atom stereocenters. The van der Waals surface area contributed by atoms with Crippen LogP contribution in [0.5, 0.6) is 0 Å². The summed E-state index contributed by atoms with van der Waals surface area (Å²) in [4.78, 5) is 2.53. The quantitative estimate of drug-likeness (QED) is 0.856. The molecule has 106 valence electrons. The number of hydrogen-bond acceptors (Lipinski definition) is 3. The van der Waals surface area contributed by atoms with E-state index in [1.165, 1.54) is 11.1 Å². The van der Waals surface area contributed by atoms with E-state index in [0.717, 1.165) is 26.1 Å². The van der Waals surface area contributed by atoms with Crippen LogP contribution in [0, 0.1) is 5.92 Å². The number of nitrogens with two attached hydrogens (primary N) is 1. The van der Waals surface area contributed by atoms with Crippen LogP contribution < -0.4 is 5.73 Å². The van der Waals surface area contributed by atoms with Crippen molar-refractivity contribution in [2.24, 2.45) is 11.7 Å². The van der Waals surface area contributed by atoms with Gasteiger partial charge < -0.3 is 10.5 Å². The molecule has 1 aromatic rings. The maximum Gasteiger partial charge on any atom is 0.0589 e. The van der Waals surface area contributed by atoms with Gasteiger partial charge in [-0.15, -0.1) is 0 Å². The van der Waals surface area contributed by atoms with Crippen molar-refractivity contribution in [3.63, 3.8) is 0 Å². The Balaban J connectivity index is 2.18. The molecule has 0 aliphatic heterocycles. The largest absolute Gasteiger partial charge is 0.383 e. The molecule has 3 heteroatoms. The van der Waals surface area contributed by atoms with Crippen LogP contribution in [0.4, 0.5) is 0 Å². The monoisotopic (exact) mass is 262 g/mol. The SMILES string of the molecule is COCCN(CC(C)C)C1CC(N)c2ccccc21. The summed E-state index contributed by atoms with van der Waals surface area (Å²) < 4.78 is 5.26. The Morgan fingerprint density at radius 1 is 1.32 bits per heavy atom. The van der Waals surface area contributed by atoms with Gasteiger partial charge in [-0.25, -0.2) is 0 Å². The molecule has 0 radical (unpaired) electrons. The molecule has 0 saturated carbocycles. The first-order chi connectivity index (χ1) is 9.13. The molecule has 2 atom stereocenters. The van der Waals surface area contributed by atoms with Gasteiger partial charge in [0.1, 0.15) is 0 Å². The minimum Gasteiger partial charge on any atom is -0.383 e. The average Bonchev–Trinajstić information content (AvgIpc) is 2.72. The molecule has 0 bridgehead atoms. The Hall–Kier alpha value is -0.900. The average molecular weight is 262 g/mol. The summed E-state index contributed by atoms with van der Waals surface area (Å²) in [6.45, 7) is 7.37. The summed E-state index contributed by atoms with van der Waals surface area (Å²) in [5.41, 5.74) is 9.00. The van der Waals surface area contributed by atoms with Crippen molar-refractivity contribution in [3.8, 4) is 0 Å². The molecule has 2 N–H and O–H groups in total. The molecule has 0 fully saturated rings. The minimum atomic E-state index is 0.179. The lowest BCUT2D eigenvalue weighted by atomic mass is 10.1. The molecule has 0 heterocycles. The van der Waals surface area contributed by atoms with Crippen LogP contribution >= 0.6 is 0 Å². The Labute approximate surface area is 116 Å². The number of benzene rings is 1. The standard InChI is InChI=1S/C16H26N2O/c1-12(2)11-18(8-9-19-3)16-10-15(17)13-6-4-5-7-14(13)16/h4-7,12,15-16H,8-11,17H2,1-3H3. The summed E-state index contributed by atoms with van der Waals surface area (Å²) in [6, 6.07) is 9.23. The molecule has 0 aromatic heterocycles. The number of methoxy groups -OCH3 is 1. The van der Waals surface area contributed by atoms with E-state index in [9.17, 15) is 0 Å². The lowest BCUT2D eigenvalue weighted by molar-refractivity contribution is 0.108. The third-order valence-corrected chi connectivity index (χ3v) is 3.85. The highest BCUT2D eigenvalue weighted by molar-refractivity contribution is 5.37. The second-order valence-electron chi connectivity index (χ2n) is 5.87. The molecule has 0 amide bonds. The highest BCUT2D eigenvalue weighted by atomic mass is 16.5. The van der Waals surface area contributed by atoms with Crippen LogP contribution in [0.1, 0.15) is 43.5 Å². The van der Waals surface area contributed by atoms with E-state index in [4.69, 9.17) is 10.5 Å². The van der Waals surface area contributed by atoms with Gasteiger partial charge in [-0.1, -0.05) is 38.1 Å². The van der Waals surface area contributed by atoms with E-state index in [0.29, 0.717) is 12.0 Å². The summed E-state index contributed by atoms with van der Waals surface area (Å²) in [7, 11) is 1.77. The van der Waals surface area contributed by atoms with Crippen molar-refractivity contribution in [2.75, 3.05) is 26.8 Å². The van der Waals surface area contributed by atoms with Crippen molar-refractivity contribution in [3.05, 3.63) is 35.4 Å². The van der Waals surface area contributed by atoms with Crippen molar-refractivity contribution in [1.29, 1.82) is 0 Å². The molecular weight excluding hydrogens is 236 g/mol. The zero-order valence-corrected chi connectivity index (χ0v) is 12.3. The molecule has 3 nitrogen and oxygen atoms in total. The smallest absolute Gasteiger partial charge is 0.0589 e. The van der Waals surface area contributed by atoms with E-state index >= 15 is 0 Å². The summed E-state index contributed by atoms with van der Waals surface area (Å²) in [5, 5.41) is 0. The number of ether oxygens (including phenoxy) is 1. The zero-order chi connectivity index (χ0) is 13.8. The predicted molar refractivity (Wildman–Crippen MR) is 79.0 cm³/mol. The topological polar surface area (TPSA) is 38.5 Å². The maximum atomic E-state index is 6.28. The Kier molecular flexibility index (Phi) is 4.97. The van der Waals surface area contributed by atoms with E-state index in [-0.39, 0.29) is 6.04 Å². The van der Waals surface area contributed by atoms with Gasteiger partial charge >= 0.3 is 0 Å². The first kappa shape index (κ1) is 14.5. The van der Waals surface area contributed by atoms with Gasteiger partial charge in [-0.05, 0) is 23.5 Å². The lowest BCUT2D eigenvalue weighted by Crippen LogP contribution is -2.34. The second kappa shape index (κ2) is 6.51. The summed E-state index contributed by atoms with van der Waals surface area (Å²) in [6.07, 6.45) is 1.02. The van der Waals surface area contributed by atoms with Crippen LogP contribution in [0.15, 0.2) is 24.3 Å². The molecule has 0 spiro atoms. The number of rotatable bonds is 6. The van der Waals surface area contributed by atoms with Gasteiger partial charge in [0.25, 0.3) is 0 Å². The molecule has 0 saturated heterocycles. The maximum absolute atomic E-state index is 6.28. The van der Waals surface area contributed by atoms with Gasteiger partial charge in [0.2, 0.25) is 0 Å². The Morgan fingerprint density at radius 3 is 2.63 bits per heavy atom. The van der Waals surface area contributed by atoms with Gasteiger partial charge in [-0.3, -0.25) is 4.90 Å². The number of nitrogens with zero attached hydrogens (tertiary/aromatic N) is 1. The minimum absolute atomic E-state index is 0.179. The molecule has 19 heavy (non-hydrogen) atoms. The van der Waals surface area contributed by atoms with E-state index in [1.807, 2.05) is 0 Å².